The molecular weight excluding hydrogens is 434 g/mol. The van der Waals surface area contributed by atoms with E-state index in [4.69, 9.17) is 11.6 Å². The maximum atomic E-state index is 13.5. The smallest absolute Gasteiger partial charge is 0.326 e. The number of hydrogen-bond donors (Lipinski definition) is 1. The molecule has 1 saturated heterocycles. The van der Waals surface area contributed by atoms with E-state index in [2.05, 4.69) is 0 Å². The summed E-state index contributed by atoms with van der Waals surface area (Å²) in [6, 6.07) is 23.2. The molecule has 2 fully saturated rings. The number of carbonyl (C=O) groups is 1. The highest BCUT2D eigenvalue weighted by atomic mass is 35.5. The molecule has 0 unspecified atom stereocenters. The van der Waals surface area contributed by atoms with Crippen LogP contribution in [0, 0.1) is 5.92 Å². The Balaban J connectivity index is 1.49. The van der Waals surface area contributed by atoms with E-state index >= 15 is 0 Å². The van der Waals surface area contributed by atoms with Crippen LogP contribution in [-0.4, -0.2) is 35.9 Å². The van der Waals surface area contributed by atoms with Crippen LogP contribution in [0.2, 0.25) is 5.02 Å². The van der Waals surface area contributed by atoms with Crippen molar-refractivity contribution < 1.29 is 18.3 Å². The minimum Gasteiger partial charge on any atom is -0.480 e. The second kappa shape index (κ2) is 7.19. The highest BCUT2D eigenvalue weighted by molar-refractivity contribution is 7.89. The lowest BCUT2D eigenvalue weighted by Gasteiger charge is -2.26. The van der Waals surface area contributed by atoms with Crippen LogP contribution >= 0.6 is 11.6 Å². The van der Waals surface area contributed by atoms with Crippen molar-refractivity contribution in [3.63, 3.8) is 0 Å². The number of nitrogens with zero attached hydrogens (tertiary/aromatic N) is 1. The fourth-order valence-corrected chi connectivity index (χ4v) is 7.00. The van der Waals surface area contributed by atoms with Crippen molar-refractivity contribution >= 4 is 27.6 Å². The Morgan fingerprint density at radius 2 is 1.52 bits per heavy atom. The zero-order valence-corrected chi connectivity index (χ0v) is 18.1. The van der Waals surface area contributed by atoms with Crippen molar-refractivity contribution in [2.45, 2.75) is 22.8 Å². The number of rotatable bonds is 5. The monoisotopic (exact) mass is 453 g/mol. The fraction of sp³-hybridized carbons (Fsp3) is 0.208. The maximum Gasteiger partial charge on any atom is 0.326 e. The van der Waals surface area contributed by atoms with E-state index in [-0.39, 0.29) is 23.3 Å². The third-order valence-electron chi connectivity index (χ3n) is 6.51. The second-order valence-corrected chi connectivity index (χ2v) is 10.3. The number of sulfonamides is 1. The summed E-state index contributed by atoms with van der Waals surface area (Å²) in [5, 5.41) is 10.8. The SMILES string of the molecule is O=C(O)[C@@]12[C@@H](CCN1S(=O)(=O)c1ccc(-c3ccc(Cl)cc3)cc1)[C@@H]2c1ccccc1. The lowest BCUT2D eigenvalue weighted by Crippen LogP contribution is -2.46. The lowest BCUT2D eigenvalue weighted by atomic mass is 10.1. The van der Waals surface area contributed by atoms with E-state index in [9.17, 15) is 18.3 Å². The third kappa shape index (κ3) is 3.01. The summed E-state index contributed by atoms with van der Waals surface area (Å²) >= 11 is 5.94. The molecule has 3 aromatic carbocycles. The molecule has 0 spiro atoms. The summed E-state index contributed by atoms with van der Waals surface area (Å²) in [6.45, 7) is 0.210. The first-order chi connectivity index (χ1) is 14.9. The van der Waals surface area contributed by atoms with Crippen LogP contribution in [0.4, 0.5) is 0 Å². The van der Waals surface area contributed by atoms with Gasteiger partial charge >= 0.3 is 5.97 Å². The summed E-state index contributed by atoms with van der Waals surface area (Å²) in [7, 11) is -3.96. The molecule has 3 aromatic rings. The van der Waals surface area contributed by atoms with Crippen molar-refractivity contribution in [1.82, 2.24) is 4.31 Å². The molecule has 0 amide bonds. The van der Waals surface area contributed by atoms with E-state index in [1.807, 2.05) is 42.5 Å². The quantitative estimate of drug-likeness (QED) is 0.610. The largest absolute Gasteiger partial charge is 0.480 e. The number of carboxylic acids is 1. The molecule has 5 nitrogen and oxygen atoms in total. The number of benzene rings is 3. The molecular formula is C24H20ClNO4S. The van der Waals surface area contributed by atoms with Gasteiger partial charge in [-0.1, -0.05) is 66.2 Å². The minimum atomic E-state index is -3.96. The number of piperidine rings is 1. The lowest BCUT2D eigenvalue weighted by molar-refractivity contribution is -0.143. The Bertz CT molecular complexity index is 1240. The Morgan fingerprint density at radius 1 is 0.935 bits per heavy atom. The van der Waals surface area contributed by atoms with Gasteiger partial charge in [-0.25, -0.2) is 8.42 Å². The van der Waals surface area contributed by atoms with Gasteiger partial charge in [0, 0.05) is 23.4 Å². The van der Waals surface area contributed by atoms with Crippen molar-refractivity contribution in [2.75, 3.05) is 6.54 Å². The Hall–Kier alpha value is -2.67. The molecule has 1 aliphatic carbocycles. The van der Waals surface area contributed by atoms with Crippen LogP contribution in [0.25, 0.3) is 11.1 Å². The van der Waals surface area contributed by atoms with E-state index in [1.165, 1.54) is 4.31 Å². The van der Waals surface area contributed by atoms with Crippen LogP contribution in [-0.2, 0) is 14.8 Å². The minimum absolute atomic E-state index is 0.102. The highest BCUT2D eigenvalue weighted by Gasteiger charge is 2.78. The Labute approximate surface area is 186 Å². The summed E-state index contributed by atoms with van der Waals surface area (Å²) < 4.78 is 28.2. The van der Waals surface area contributed by atoms with Crippen LogP contribution in [0.1, 0.15) is 17.9 Å². The molecule has 31 heavy (non-hydrogen) atoms. The summed E-state index contributed by atoms with van der Waals surface area (Å²) in [4.78, 5) is 12.5. The predicted molar refractivity (Wildman–Crippen MR) is 118 cm³/mol. The van der Waals surface area contributed by atoms with Gasteiger partial charge in [0.05, 0.1) is 4.90 Å². The average Bonchev–Trinajstić information content (AvgIpc) is 3.28. The first-order valence-corrected chi connectivity index (χ1v) is 11.9. The van der Waals surface area contributed by atoms with Gasteiger partial charge in [0.2, 0.25) is 10.0 Å². The average molecular weight is 454 g/mol. The van der Waals surface area contributed by atoms with Gasteiger partial charge in [0.25, 0.3) is 0 Å². The number of aliphatic carboxylic acids is 1. The van der Waals surface area contributed by atoms with Crippen LogP contribution in [0.3, 0.4) is 0 Å². The van der Waals surface area contributed by atoms with Crippen molar-refractivity contribution in [2.24, 2.45) is 5.92 Å². The van der Waals surface area contributed by atoms with E-state index in [0.29, 0.717) is 11.4 Å². The summed E-state index contributed by atoms with van der Waals surface area (Å²) in [6.07, 6.45) is 0.536. The molecule has 0 aromatic heterocycles. The molecule has 1 saturated carbocycles. The zero-order valence-electron chi connectivity index (χ0n) is 16.5. The number of fused-ring (bicyclic) bond motifs is 1. The highest BCUT2D eigenvalue weighted by Crippen LogP contribution is 2.67. The molecule has 3 atom stereocenters. The first kappa shape index (κ1) is 20.2. The maximum absolute atomic E-state index is 13.5. The molecule has 7 heteroatoms. The number of hydrogen-bond acceptors (Lipinski definition) is 3. The van der Waals surface area contributed by atoms with Gasteiger partial charge in [-0.3, -0.25) is 4.79 Å². The molecule has 0 radical (unpaired) electrons. The normalized spacial score (nSPS) is 25.2. The van der Waals surface area contributed by atoms with Gasteiger partial charge in [0.15, 0.2) is 0 Å². The standard InChI is InChI=1S/C24H20ClNO4S/c25-19-10-6-16(7-11-19)17-8-12-20(13-9-17)31(29,30)26-15-14-21-22(24(21,26)23(27)28)18-4-2-1-3-5-18/h1-13,21-22H,14-15H2,(H,27,28)/t21-,22-,24-/m0/s1. The summed E-state index contributed by atoms with van der Waals surface area (Å²) in [5.74, 6) is -1.62. The van der Waals surface area contributed by atoms with E-state index < -0.39 is 21.5 Å². The Kier molecular flexibility index (Phi) is 4.70. The molecule has 5 rings (SSSR count). The summed E-state index contributed by atoms with van der Waals surface area (Å²) in [5.41, 5.74) is 1.24. The van der Waals surface area contributed by atoms with Crippen molar-refractivity contribution in [3.8, 4) is 11.1 Å². The third-order valence-corrected chi connectivity index (χ3v) is 8.69. The molecule has 0 bridgehead atoms. The van der Waals surface area contributed by atoms with Gasteiger partial charge in [0.1, 0.15) is 5.54 Å². The van der Waals surface area contributed by atoms with Crippen molar-refractivity contribution in [3.05, 3.63) is 89.4 Å². The van der Waals surface area contributed by atoms with Crippen LogP contribution in [0.5, 0.6) is 0 Å². The number of carboxylic acid groups (broad SMARTS) is 1. The molecule has 1 aliphatic heterocycles. The van der Waals surface area contributed by atoms with Gasteiger partial charge in [-0.05, 0) is 47.4 Å². The molecule has 1 N–H and O–H groups in total. The van der Waals surface area contributed by atoms with Gasteiger partial charge in [-0.2, -0.15) is 4.31 Å². The van der Waals surface area contributed by atoms with Crippen molar-refractivity contribution in [1.29, 1.82) is 0 Å². The zero-order chi connectivity index (χ0) is 21.8. The van der Waals surface area contributed by atoms with Crippen LogP contribution in [0.15, 0.2) is 83.8 Å². The fourth-order valence-electron chi connectivity index (χ4n) is 5.07. The topological polar surface area (TPSA) is 74.7 Å². The molecule has 2 aliphatic rings. The van der Waals surface area contributed by atoms with Gasteiger partial charge < -0.3 is 5.11 Å². The second-order valence-electron chi connectivity index (χ2n) is 8.02. The first-order valence-electron chi connectivity index (χ1n) is 10.0. The molecule has 1 heterocycles. The van der Waals surface area contributed by atoms with Crippen LogP contribution < -0.4 is 0 Å². The predicted octanol–water partition coefficient (Wildman–Crippen LogP) is 4.64. The van der Waals surface area contributed by atoms with Gasteiger partial charge in [-0.15, -0.1) is 0 Å². The van der Waals surface area contributed by atoms with E-state index in [1.54, 1.807) is 36.4 Å². The number of halogens is 1. The molecule has 158 valence electrons. The van der Waals surface area contributed by atoms with E-state index in [0.717, 1.165) is 16.7 Å². The Morgan fingerprint density at radius 3 is 2.10 bits per heavy atom.